The number of pyridine rings is 1. The van der Waals surface area contributed by atoms with Crippen molar-refractivity contribution in [2.75, 3.05) is 5.32 Å². The quantitative estimate of drug-likeness (QED) is 0.686. The average Bonchev–Trinajstić information content (AvgIpc) is 2.96. The van der Waals surface area contributed by atoms with E-state index in [1.807, 2.05) is 24.3 Å². The number of rotatable bonds is 4. The Hall–Kier alpha value is -2.14. The second-order valence-electron chi connectivity index (χ2n) is 4.47. The molecule has 1 aromatic carbocycles. The lowest BCUT2D eigenvalue weighted by Gasteiger charge is -2.05. The number of benzene rings is 1. The van der Waals surface area contributed by atoms with Gasteiger partial charge in [-0.1, -0.05) is 0 Å². The van der Waals surface area contributed by atoms with Gasteiger partial charge in [0.05, 0.1) is 12.2 Å². The molecule has 21 heavy (non-hydrogen) atoms. The van der Waals surface area contributed by atoms with E-state index < -0.39 is 0 Å². The van der Waals surface area contributed by atoms with Crippen molar-refractivity contribution >= 4 is 21.6 Å². The van der Waals surface area contributed by atoms with Crippen LogP contribution in [0.2, 0.25) is 0 Å². The third kappa shape index (κ3) is 3.31. The van der Waals surface area contributed by atoms with Gasteiger partial charge in [0.25, 0.3) is 0 Å². The largest absolute Gasteiger partial charge is 0.459 e. The molecule has 3 aromatic rings. The Morgan fingerprint density at radius 2 is 1.90 bits per heavy atom. The Balaban J connectivity index is 1.71. The second kappa shape index (κ2) is 6.10. The van der Waals surface area contributed by atoms with Gasteiger partial charge in [-0.25, -0.2) is 9.37 Å². The minimum Gasteiger partial charge on any atom is -0.459 e. The summed E-state index contributed by atoms with van der Waals surface area (Å²) < 4.78 is 19.4. The van der Waals surface area contributed by atoms with Crippen molar-refractivity contribution < 1.29 is 8.81 Å². The molecule has 2 aromatic heterocycles. The third-order valence-electron chi connectivity index (χ3n) is 3.00. The molecular formula is C16H12BrFN2O. The molecule has 106 valence electrons. The van der Waals surface area contributed by atoms with Crippen molar-refractivity contribution in [1.82, 2.24) is 4.98 Å². The molecule has 0 aliphatic carbocycles. The van der Waals surface area contributed by atoms with Crippen LogP contribution in [0.25, 0.3) is 11.3 Å². The number of halogens is 2. The predicted molar refractivity (Wildman–Crippen MR) is 83.4 cm³/mol. The molecule has 3 rings (SSSR count). The minimum atomic E-state index is -0.256. The summed E-state index contributed by atoms with van der Waals surface area (Å²) in [5.41, 5.74) is 1.75. The first-order chi connectivity index (χ1) is 10.2. The minimum absolute atomic E-state index is 0.256. The normalized spacial score (nSPS) is 10.6. The fourth-order valence-corrected chi connectivity index (χ4v) is 2.33. The highest BCUT2D eigenvalue weighted by molar-refractivity contribution is 9.10. The number of furan rings is 1. The lowest BCUT2D eigenvalue weighted by atomic mass is 10.2. The molecule has 1 N–H and O–H groups in total. The molecule has 0 saturated carbocycles. The van der Waals surface area contributed by atoms with Crippen molar-refractivity contribution in [2.24, 2.45) is 0 Å². The number of hydrogen-bond donors (Lipinski definition) is 1. The molecule has 0 aliphatic rings. The van der Waals surface area contributed by atoms with E-state index in [2.05, 4.69) is 26.2 Å². The summed E-state index contributed by atoms with van der Waals surface area (Å²) in [6.07, 6.45) is 1.72. The van der Waals surface area contributed by atoms with Gasteiger partial charge in [0.1, 0.15) is 21.9 Å². The molecule has 0 bridgehead atoms. The highest BCUT2D eigenvalue weighted by Crippen LogP contribution is 2.24. The maximum absolute atomic E-state index is 12.9. The molecule has 0 aliphatic heterocycles. The van der Waals surface area contributed by atoms with Crippen molar-refractivity contribution in [3.05, 3.63) is 70.9 Å². The Labute approximate surface area is 130 Å². The van der Waals surface area contributed by atoms with E-state index in [1.54, 1.807) is 18.3 Å². The van der Waals surface area contributed by atoms with Crippen LogP contribution in [0.1, 0.15) is 5.76 Å². The topological polar surface area (TPSA) is 38.1 Å². The first-order valence-electron chi connectivity index (χ1n) is 6.41. The fourth-order valence-electron chi connectivity index (χ4n) is 1.94. The molecular weight excluding hydrogens is 335 g/mol. The van der Waals surface area contributed by atoms with Crippen LogP contribution in [0.15, 0.2) is 63.7 Å². The summed E-state index contributed by atoms with van der Waals surface area (Å²) in [7, 11) is 0. The van der Waals surface area contributed by atoms with Gasteiger partial charge >= 0.3 is 0 Å². The first kappa shape index (κ1) is 13.8. The standard InChI is InChI=1S/C16H12BrFN2O/c17-16-14(2-1-9-19-16)20-10-13-7-8-15(21-13)11-3-5-12(18)6-4-11/h1-9,20H,10H2. The zero-order valence-electron chi connectivity index (χ0n) is 11.0. The fraction of sp³-hybridized carbons (Fsp3) is 0.0625. The van der Waals surface area contributed by atoms with Crippen molar-refractivity contribution in [3.8, 4) is 11.3 Å². The van der Waals surface area contributed by atoms with Gasteiger partial charge in [-0.15, -0.1) is 0 Å². The molecule has 0 radical (unpaired) electrons. The maximum atomic E-state index is 12.9. The molecule has 0 saturated heterocycles. The van der Waals surface area contributed by atoms with Gasteiger partial charge in [-0.3, -0.25) is 0 Å². The van der Waals surface area contributed by atoms with E-state index in [1.165, 1.54) is 12.1 Å². The Kier molecular flexibility index (Phi) is 4.01. The van der Waals surface area contributed by atoms with Crippen LogP contribution in [0.4, 0.5) is 10.1 Å². The lowest BCUT2D eigenvalue weighted by molar-refractivity contribution is 0.531. The zero-order valence-corrected chi connectivity index (χ0v) is 12.6. The number of nitrogens with one attached hydrogen (secondary N) is 1. The van der Waals surface area contributed by atoms with E-state index in [0.717, 1.165) is 27.4 Å². The smallest absolute Gasteiger partial charge is 0.134 e. The third-order valence-corrected chi connectivity index (χ3v) is 3.63. The molecule has 0 amide bonds. The predicted octanol–water partition coefficient (Wildman–Crippen LogP) is 4.86. The summed E-state index contributed by atoms with van der Waals surface area (Å²) in [4.78, 5) is 4.14. The molecule has 5 heteroatoms. The van der Waals surface area contributed by atoms with Crippen LogP contribution < -0.4 is 5.32 Å². The van der Waals surface area contributed by atoms with E-state index in [-0.39, 0.29) is 5.82 Å². The lowest BCUT2D eigenvalue weighted by Crippen LogP contribution is -1.99. The Morgan fingerprint density at radius 3 is 2.67 bits per heavy atom. The molecule has 2 heterocycles. The molecule has 0 atom stereocenters. The molecule has 0 spiro atoms. The summed E-state index contributed by atoms with van der Waals surface area (Å²) in [5, 5.41) is 3.24. The summed E-state index contributed by atoms with van der Waals surface area (Å²) in [6.45, 7) is 0.547. The van der Waals surface area contributed by atoms with E-state index in [4.69, 9.17) is 4.42 Å². The Bertz CT molecular complexity index is 740. The van der Waals surface area contributed by atoms with Crippen LogP contribution >= 0.6 is 15.9 Å². The van der Waals surface area contributed by atoms with E-state index in [9.17, 15) is 4.39 Å². The molecule has 0 unspecified atom stereocenters. The monoisotopic (exact) mass is 346 g/mol. The molecule has 0 fully saturated rings. The van der Waals surface area contributed by atoms with Crippen molar-refractivity contribution in [2.45, 2.75) is 6.54 Å². The average molecular weight is 347 g/mol. The highest BCUT2D eigenvalue weighted by atomic mass is 79.9. The van der Waals surface area contributed by atoms with Crippen LogP contribution in [-0.2, 0) is 6.54 Å². The molecule has 3 nitrogen and oxygen atoms in total. The van der Waals surface area contributed by atoms with Crippen LogP contribution in [0.5, 0.6) is 0 Å². The Morgan fingerprint density at radius 1 is 1.10 bits per heavy atom. The number of hydrogen-bond acceptors (Lipinski definition) is 3. The van der Waals surface area contributed by atoms with Crippen LogP contribution in [-0.4, -0.2) is 4.98 Å². The number of aromatic nitrogens is 1. The van der Waals surface area contributed by atoms with Gasteiger partial charge in [0, 0.05) is 11.8 Å². The summed E-state index contributed by atoms with van der Waals surface area (Å²) in [6, 6.07) is 13.8. The van der Waals surface area contributed by atoms with Crippen molar-refractivity contribution in [1.29, 1.82) is 0 Å². The van der Waals surface area contributed by atoms with E-state index in [0.29, 0.717) is 6.54 Å². The van der Waals surface area contributed by atoms with Crippen LogP contribution in [0, 0.1) is 5.82 Å². The van der Waals surface area contributed by atoms with Crippen LogP contribution in [0.3, 0.4) is 0 Å². The summed E-state index contributed by atoms with van der Waals surface area (Å²) in [5.74, 6) is 1.26. The van der Waals surface area contributed by atoms with Gasteiger partial charge in [0.2, 0.25) is 0 Å². The first-order valence-corrected chi connectivity index (χ1v) is 7.21. The number of nitrogens with zero attached hydrogens (tertiary/aromatic N) is 1. The van der Waals surface area contributed by atoms with Gasteiger partial charge in [-0.2, -0.15) is 0 Å². The van der Waals surface area contributed by atoms with Gasteiger partial charge < -0.3 is 9.73 Å². The summed E-state index contributed by atoms with van der Waals surface area (Å²) >= 11 is 3.38. The zero-order chi connectivity index (χ0) is 14.7. The second-order valence-corrected chi connectivity index (χ2v) is 5.22. The highest BCUT2D eigenvalue weighted by Gasteiger charge is 2.06. The number of anilines is 1. The van der Waals surface area contributed by atoms with E-state index >= 15 is 0 Å². The SMILES string of the molecule is Fc1ccc(-c2ccc(CNc3cccnc3Br)o2)cc1. The maximum Gasteiger partial charge on any atom is 0.134 e. The van der Waals surface area contributed by atoms with Gasteiger partial charge in [0.15, 0.2) is 0 Å². The van der Waals surface area contributed by atoms with Gasteiger partial charge in [-0.05, 0) is 64.5 Å². The van der Waals surface area contributed by atoms with Crippen molar-refractivity contribution in [3.63, 3.8) is 0 Å².